The van der Waals surface area contributed by atoms with E-state index in [1.165, 1.54) is 0 Å². The molecule has 0 aromatic rings. The fourth-order valence-electron chi connectivity index (χ4n) is 1.96. The van der Waals surface area contributed by atoms with Crippen LogP contribution in [0.25, 0.3) is 0 Å². The summed E-state index contributed by atoms with van der Waals surface area (Å²) in [6.07, 6.45) is 0. The van der Waals surface area contributed by atoms with Crippen molar-refractivity contribution in [1.82, 2.24) is 0 Å². The molecule has 4 heteroatoms. The van der Waals surface area contributed by atoms with Gasteiger partial charge >= 0.3 is 0 Å². The van der Waals surface area contributed by atoms with E-state index in [0.29, 0.717) is 13.2 Å². The summed E-state index contributed by atoms with van der Waals surface area (Å²) in [6.45, 7) is 12.7. The van der Waals surface area contributed by atoms with Crippen LogP contribution in [0.3, 0.4) is 0 Å². The lowest BCUT2D eigenvalue weighted by Gasteiger charge is -2.23. The second-order valence-corrected chi connectivity index (χ2v) is 6.29. The van der Waals surface area contributed by atoms with Gasteiger partial charge in [-0.1, -0.05) is 20.8 Å². The third kappa shape index (κ3) is 2.31. The molecule has 1 unspecified atom stereocenters. The number of ether oxygens (including phenoxy) is 2. The number of hydrogen-bond acceptors (Lipinski definition) is 4. The van der Waals surface area contributed by atoms with Crippen molar-refractivity contribution < 1.29 is 9.47 Å². The van der Waals surface area contributed by atoms with Gasteiger partial charge in [-0.25, -0.2) is 4.99 Å². The second-order valence-electron chi connectivity index (χ2n) is 6.29. The Labute approximate surface area is 103 Å². The fraction of sp³-hybridized carbons (Fsp3) is 0.846. The Morgan fingerprint density at radius 1 is 1.06 bits per heavy atom. The molecule has 0 aliphatic carbocycles. The Kier molecular flexibility index (Phi) is 2.92. The molecule has 0 aromatic heterocycles. The van der Waals surface area contributed by atoms with E-state index in [0.717, 1.165) is 18.3 Å². The average Bonchev–Trinajstić information content (AvgIpc) is 2.89. The molecule has 0 saturated carbocycles. The zero-order chi connectivity index (χ0) is 12.7. The van der Waals surface area contributed by atoms with Gasteiger partial charge in [0.2, 0.25) is 0 Å². The van der Waals surface area contributed by atoms with Crippen molar-refractivity contribution in [3.05, 3.63) is 0 Å². The summed E-state index contributed by atoms with van der Waals surface area (Å²) in [7, 11) is 0. The molecule has 2 aliphatic rings. The van der Waals surface area contributed by atoms with Crippen molar-refractivity contribution in [3.8, 4) is 0 Å². The minimum atomic E-state index is -0.337. The van der Waals surface area contributed by atoms with E-state index in [4.69, 9.17) is 14.5 Å². The average molecular weight is 238 g/mol. The zero-order valence-corrected chi connectivity index (χ0v) is 11.4. The lowest BCUT2D eigenvalue weighted by Crippen LogP contribution is -2.34. The first kappa shape index (κ1) is 12.4. The maximum atomic E-state index is 5.76. The van der Waals surface area contributed by atoms with E-state index in [9.17, 15) is 0 Å². The van der Waals surface area contributed by atoms with Crippen molar-refractivity contribution >= 4 is 11.8 Å². The number of nitrogens with zero attached hydrogens (tertiary/aromatic N) is 2. The number of rotatable bonds is 2. The summed E-state index contributed by atoms with van der Waals surface area (Å²) < 4.78 is 11.3. The van der Waals surface area contributed by atoms with Crippen LogP contribution in [-0.2, 0) is 9.47 Å². The van der Waals surface area contributed by atoms with Crippen molar-refractivity contribution in [1.29, 1.82) is 0 Å². The van der Waals surface area contributed by atoms with Crippen LogP contribution in [0.15, 0.2) is 9.98 Å². The summed E-state index contributed by atoms with van der Waals surface area (Å²) in [6, 6.07) is 0.221. The van der Waals surface area contributed by atoms with Gasteiger partial charge in [0.1, 0.15) is 18.6 Å². The Balaban J connectivity index is 2.18. The smallest absolute Gasteiger partial charge is 0.199 e. The predicted molar refractivity (Wildman–Crippen MR) is 68.7 cm³/mol. The van der Waals surface area contributed by atoms with E-state index in [1.807, 2.05) is 0 Å². The molecular weight excluding hydrogens is 216 g/mol. The minimum Gasteiger partial charge on any atom is -0.478 e. The minimum absolute atomic E-state index is 0.135. The Bertz CT molecular complexity index is 364. The highest BCUT2D eigenvalue weighted by atomic mass is 16.5. The molecule has 4 nitrogen and oxygen atoms in total. The molecule has 96 valence electrons. The molecule has 2 rings (SSSR count). The molecule has 0 fully saturated rings. The Morgan fingerprint density at radius 2 is 1.76 bits per heavy atom. The van der Waals surface area contributed by atoms with Gasteiger partial charge in [-0.15, -0.1) is 0 Å². The Morgan fingerprint density at radius 3 is 2.24 bits per heavy atom. The maximum Gasteiger partial charge on any atom is 0.199 e. The number of aliphatic imine (C=N–C) groups is 2. The highest BCUT2D eigenvalue weighted by molar-refractivity contribution is 6.05. The normalized spacial score (nSPS) is 25.1. The first-order valence-electron chi connectivity index (χ1n) is 6.20. The van der Waals surface area contributed by atoms with E-state index >= 15 is 0 Å². The largest absolute Gasteiger partial charge is 0.478 e. The van der Waals surface area contributed by atoms with E-state index in [-0.39, 0.29) is 16.9 Å². The third-order valence-electron chi connectivity index (χ3n) is 3.31. The second kappa shape index (κ2) is 4.00. The highest BCUT2D eigenvalue weighted by Crippen LogP contribution is 2.32. The molecule has 0 radical (unpaired) electrons. The van der Waals surface area contributed by atoms with Crippen LogP contribution in [0, 0.1) is 10.8 Å². The SMILES string of the molecule is CC(C)(C1=NCCO1)C1=NC(C(C)(C)C)CO1. The van der Waals surface area contributed by atoms with Crippen LogP contribution in [0.2, 0.25) is 0 Å². The van der Waals surface area contributed by atoms with Crippen LogP contribution in [0.1, 0.15) is 34.6 Å². The molecule has 0 saturated heterocycles. The Hall–Kier alpha value is -1.06. The van der Waals surface area contributed by atoms with Crippen LogP contribution in [-0.4, -0.2) is 37.6 Å². The van der Waals surface area contributed by atoms with Crippen LogP contribution in [0.5, 0.6) is 0 Å². The molecular formula is C13H22N2O2. The van der Waals surface area contributed by atoms with Crippen LogP contribution < -0.4 is 0 Å². The molecule has 0 bridgehead atoms. The standard InChI is InChI=1S/C13H22N2O2/c1-12(2,3)9-8-17-11(15-9)13(4,5)10-14-6-7-16-10/h9H,6-8H2,1-5H3. The molecule has 0 amide bonds. The predicted octanol–water partition coefficient (Wildman–Crippen LogP) is 2.28. The quantitative estimate of drug-likeness (QED) is 0.740. The van der Waals surface area contributed by atoms with Crippen molar-refractivity contribution in [2.24, 2.45) is 20.8 Å². The lowest BCUT2D eigenvalue weighted by atomic mass is 9.88. The van der Waals surface area contributed by atoms with Gasteiger partial charge in [-0.3, -0.25) is 4.99 Å². The van der Waals surface area contributed by atoms with Crippen LogP contribution >= 0.6 is 0 Å². The summed E-state index contributed by atoms with van der Waals surface area (Å²) in [5.41, 5.74) is -0.202. The lowest BCUT2D eigenvalue weighted by molar-refractivity contribution is 0.223. The van der Waals surface area contributed by atoms with Gasteiger partial charge in [-0.2, -0.15) is 0 Å². The van der Waals surface area contributed by atoms with E-state index in [1.54, 1.807) is 0 Å². The van der Waals surface area contributed by atoms with Crippen molar-refractivity contribution in [2.75, 3.05) is 19.8 Å². The summed E-state index contributed by atoms with van der Waals surface area (Å²) >= 11 is 0. The topological polar surface area (TPSA) is 43.2 Å². The first-order valence-corrected chi connectivity index (χ1v) is 6.20. The van der Waals surface area contributed by atoms with E-state index < -0.39 is 0 Å². The molecule has 0 spiro atoms. The maximum absolute atomic E-state index is 5.76. The summed E-state index contributed by atoms with van der Waals surface area (Å²) in [5.74, 6) is 1.52. The van der Waals surface area contributed by atoms with Gasteiger partial charge in [0.25, 0.3) is 0 Å². The van der Waals surface area contributed by atoms with Gasteiger partial charge < -0.3 is 9.47 Å². The highest BCUT2D eigenvalue weighted by Gasteiger charge is 2.41. The van der Waals surface area contributed by atoms with Gasteiger partial charge in [0.05, 0.1) is 12.6 Å². The molecule has 0 aromatic carbocycles. The molecule has 1 atom stereocenters. The first-order chi connectivity index (χ1) is 7.82. The van der Waals surface area contributed by atoms with Gasteiger partial charge in [-0.05, 0) is 19.3 Å². The molecule has 2 heterocycles. The van der Waals surface area contributed by atoms with Crippen molar-refractivity contribution in [2.45, 2.75) is 40.7 Å². The zero-order valence-electron chi connectivity index (χ0n) is 11.4. The van der Waals surface area contributed by atoms with Crippen LogP contribution in [0.4, 0.5) is 0 Å². The summed E-state index contributed by atoms with van der Waals surface area (Å²) in [4.78, 5) is 9.08. The molecule has 0 N–H and O–H groups in total. The fourth-order valence-corrected chi connectivity index (χ4v) is 1.96. The summed E-state index contributed by atoms with van der Waals surface area (Å²) in [5, 5.41) is 0. The third-order valence-corrected chi connectivity index (χ3v) is 3.31. The molecule has 2 aliphatic heterocycles. The van der Waals surface area contributed by atoms with Gasteiger partial charge in [0.15, 0.2) is 11.8 Å². The van der Waals surface area contributed by atoms with Gasteiger partial charge in [0, 0.05) is 0 Å². The van der Waals surface area contributed by atoms with Crippen molar-refractivity contribution in [3.63, 3.8) is 0 Å². The number of hydrogen-bond donors (Lipinski definition) is 0. The monoisotopic (exact) mass is 238 g/mol. The van der Waals surface area contributed by atoms with E-state index in [2.05, 4.69) is 39.6 Å². The molecule has 17 heavy (non-hydrogen) atoms.